The summed E-state index contributed by atoms with van der Waals surface area (Å²) in [5.41, 5.74) is 4.87. The Bertz CT molecular complexity index is 903. The van der Waals surface area contributed by atoms with Gasteiger partial charge in [0.05, 0.1) is 11.9 Å². The van der Waals surface area contributed by atoms with Crippen LogP contribution in [0.1, 0.15) is 44.2 Å². The van der Waals surface area contributed by atoms with Crippen LogP contribution in [-0.2, 0) is 0 Å². The number of aromatic nitrogens is 1. The van der Waals surface area contributed by atoms with E-state index in [1.54, 1.807) is 18.6 Å². The fourth-order valence-corrected chi connectivity index (χ4v) is 5.17. The van der Waals surface area contributed by atoms with Crippen molar-refractivity contribution in [3.05, 3.63) is 72.1 Å². The SMILES string of the molecule is CNC(CC1CCC2=CC(=Nc3cccnc3)C(C=N)CC21C)c1ccccc1. The zero-order valence-corrected chi connectivity index (χ0v) is 17.3. The number of allylic oxidation sites excluding steroid dienone is 2. The molecule has 1 aromatic heterocycles. The van der Waals surface area contributed by atoms with Crippen LogP contribution in [0.3, 0.4) is 0 Å². The van der Waals surface area contributed by atoms with Crippen LogP contribution < -0.4 is 5.32 Å². The van der Waals surface area contributed by atoms with Crippen molar-refractivity contribution in [2.75, 3.05) is 7.05 Å². The third kappa shape index (κ3) is 3.95. The Hall–Kier alpha value is -2.59. The number of pyridine rings is 1. The molecular weight excluding hydrogens is 356 g/mol. The van der Waals surface area contributed by atoms with Gasteiger partial charge in [-0.2, -0.15) is 0 Å². The van der Waals surface area contributed by atoms with Crippen molar-refractivity contribution in [2.45, 2.75) is 38.6 Å². The van der Waals surface area contributed by atoms with Crippen LogP contribution in [0.25, 0.3) is 0 Å². The van der Waals surface area contributed by atoms with Gasteiger partial charge in [-0.25, -0.2) is 0 Å². The fraction of sp³-hybridized carbons (Fsp3) is 0.400. The zero-order chi connectivity index (χ0) is 20.3. The average molecular weight is 387 g/mol. The van der Waals surface area contributed by atoms with E-state index in [9.17, 15) is 0 Å². The monoisotopic (exact) mass is 386 g/mol. The van der Waals surface area contributed by atoms with Gasteiger partial charge in [-0.15, -0.1) is 0 Å². The molecule has 4 rings (SSSR count). The van der Waals surface area contributed by atoms with Crippen molar-refractivity contribution < 1.29 is 0 Å². The quantitative estimate of drug-likeness (QED) is 0.642. The van der Waals surface area contributed by atoms with E-state index in [0.29, 0.717) is 12.0 Å². The maximum Gasteiger partial charge on any atom is 0.0816 e. The van der Waals surface area contributed by atoms with Gasteiger partial charge in [0, 0.05) is 30.1 Å². The molecule has 2 aromatic rings. The standard InChI is InChI=1S/C25H30N4/c1-25-15-19(16-26)24(29-22-9-6-12-28-17-22)14-21(25)11-10-20(25)13-23(27-2)18-7-4-3-5-8-18/h3-9,12,14,16-17,19-20,23,26-27H,10-11,13,15H2,1-2H3. The molecule has 2 N–H and O–H groups in total. The predicted molar refractivity (Wildman–Crippen MR) is 120 cm³/mol. The maximum absolute atomic E-state index is 8.05. The fourth-order valence-electron chi connectivity index (χ4n) is 5.17. The molecule has 0 spiro atoms. The van der Waals surface area contributed by atoms with E-state index in [-0.39, 0.29) is 11.3 Å². The molecule has 0 bridgehead atoms. The van der Waals surface area contributed by atoms with Crippen molar-refractivity contribution >= 4 is 17.6 Å². The Labute approximate surface area is 173 Å². The molecule has 4 heteroatoms. The molecule has 29 heavy (non-hydrogen) atoms. The molecule has 1 aromatic carbocycles. The summed E-state index contributed by atoms with van der Waals surface area (Å²) in [6.45, 7) is 2.41. The second kappa shape index (κ2) is 8.42. The van der Waals surface area contributed by atoms with E-state index >= 15 is 0 Å². The summed E-state index contributed by atoms with van der Waals surface area (Å²) in [6, 6.07) is 15.0. The minimum absolute atomic E-state index is 0.0642. The maximum atomic E-state index is 8.05. The molecule has 4 atom stereocenters. The van der Waals surface area contributed by atoms with Gasteiger partial charge in [-0.3, -0.25) is 9.98 Å². The summed E-state index contributed by atoms with van der Waals surface area (Å²) in [6.07, 6.45) is 11.8. The van der Waals surface area contributed by atoms with Gasteiger partial charge in [-0.05, 0) is 67.8 Å². The Morgan fingerprint density at radius 1 is 1.28 bits per heavy atom. The van der Waals surface area contributed by atoms with Crippen LogP contribution in [0.5, 0.6) is 0 Å². The van der Waals surface area contributed by atoms with Crippen LogP contribution >= 0.6 is 0 Å². The number of nitrogens with one attached hydrogen (secondary N) is 2. The van der Waals surface area contributed by atoms with E-state index in [2.05, 4.69) is 60.7 Å². The molecule has 2 aliphatic rings. The highest BCUT2D eigenvalue weighted by atomic mass is 14.9. The Morgan fingerprint density at radius 3 is 2.79 bits per heavy atom. The van der Waals surface area contributed by atoms with Crippen LogP contribution in [0, 0.1) is 22.7 Å². The van der Waals surface area contributed by atoms with Gasteiger partial charge < -0.3 is 10.7 Å². The van der Waals surface area contributed by atoms with E-state index in [1.165, 1.54) is 17.6 Å². The highest BCUT2D eigenvalue weighted by molar-refractivity contribution is 6.07. The molecule has 0 aliphatic heterocycles. The molecule has 1 fully saturated rings. The molecule has 0 saturated heterocycles. The molecule has 0 radical (unpaired) electrons. The first-order valence-electron chi connectivity index (χ1n) is 10.6. The van der Waals surface area contributed by atoms with Crippen LogP contribution in [0.15, 0.2) is 71.5 Å². The van der Waals surface area contributed by atoms with Gasteiger partial charge in [0.1, 0.15) is 0 Å². The minimum Gasteiger partial charge on any atom is -0.313 e. The predicted octanol–water partition coefficient (Wildman–Crippen LogP) is 5.52. The number of hydrogen-bond donors (Lipinski definition) is 2. The number of benzene rings is 1. The van der Waals surface area contributed by atoms with E-state index in [1.807, 2.05) is 12.1 Å². The van der Waals surface area contributed by atoms with Crippen LogP contribution in [-0.4, -0.2) is 24.0 Å². The van der Waals surface area contributed by atoms with E-state index < -0.39 is 0 Å². The van der Waals surface area contributed by atoms with Gasteiger partial charge in [0.25, 0.3) is 0 Å². The highest BCUT2D eigenvalue weighted by Crippen LogP contribution is 2.55. The number of hydrogen-bond acceptors (Lipinski definition) is 4. The third-order valence-electron chi connectivity index (χ3n) is 6.92. The lowest BCUT2D eigenvalue weighted by Crippen LogP contribution is -2.35. The summed E-state index contributed by atoms with van der Waals surface area (Å²) in [5.74, 6) is 0.670. The lowest BCUT2D eigenvalue weighted by atomic mass is 9.65. The van der Waals surface area contributed by atoms with Crippen molar-refractivity contribution in [1.29, 1.82) is 5.41 Å². The van der Waals surface area contributed by atoms with Gasteiger partial charge in [-0.1, -0.05) is 42.8 Å². The number of rotatable bonds is 6. The molecule has 1 saturated carbocycles. The van der Waals surface area contributed by atoms with Gasteiger partial charge >= 0.3 is 0 Å². The minimum atomic E-state index is 0.0642. The first-order chi connectivity index (χ1) is 14.1. The summed E-state index contributed by atoms with van der Waals surface area (Å²) < 4.78 is 0. The van der Waals surface area contributed by atoms with Crippen molar-refractivity contribution in [1.82, 2.24) is 10.3 Å². The van der Waals surface area contributed by atoms with Crippen LogP contribution in [0.2, 0.25) is 0 Å². The van der Waals surface area contributed by atoms with E-state index in [0.717, 1.165) is 30.7 Å². The van der Waals surface area contributed by atoms with Gasteiger partial charge in [0.15, 0.2) is 0 Å². The van der Waals surface area contributed by atoms with Crippen molar-refractivity contribution in [3.63, 3.8) is 0 Å². The number of nitrogens with zero attached hydrogens (tertiary/aromatic N) is 2. The summed E-state index contributed by atoms with van der Waals surface area (Å²) in [4.78, 5) is 9.00. The lowest BCUT2D eigenvalue weighted by Gasteiger charge is -2.40. The third-order valence-corrected chi connectivity index (χ3v) is 6.92. The first-order valence-corrected chi connectivity index (χ1v) is 10.6. The zero-order valence-electron chi connectivity index (χ0n) is 17.3. The second-order valence-corrected chi connectivity index (χ2v) is 8.54. The molecule has 0 amide bonds. The Balaban J connectivity index is 1.60. The molecular formula is C25H30N4. The lowest BCUT2D eigenvalue weighted by molar-refractivity contribution is 0.213. The summed E-state index contributed by atoms with van der Waals surface area (Å²) in [5, 5.41) is 11.6. The number of aliphatic imine (C=N–C) groups is 1. The highest BCUT2D eigenvalue weighted by Gasteiger charge is 2.47. The summed E-state index contributed by atoms with van der Waals surface area (Å²) >= 11 is 0. The molecule has 150 valence electrons. The largest absolute Gasteiger partial charge is 0.313 e. The van der Waals surface area contributed by atoms with E-state index in [4.69, 9.17) is 10.4 Å². The Morgan fingerprint density at radius 2 is 2.10 bits per heavy atom. The normalized spacial score (nSPS) is 28.6. The first kappa shape index (κ1) is 19.7. The van der Waals surface area contributed by atoms with Gasteiger partial charge in [0.2, 0.25) is 0 Å². The second-order valence-electron chi connectivity index (χ2n) is 8.54. The molecule has 4 nitrogen and oxygen atoms in total. The summed E-state index contributed by atoms with van der Waals surface area (Å²) in [7, 11) is 2.06. The topological polar surface area (TPSA) is 61.1 Å². The molecule has 4 unspecified atom stereocenters. The smallest absolute Gasteiger partial charge is 0.0816 e. The van der Waals surface area contributed by atoms with Crippen molar-refractivity contribution in [2.24, 2.45) is 22.2 Å². The van der Waals surface area contributed by atoms with Crippen LogP contribution in [0.4, 0.5) is 5.69 Å². The molecule has 2 aliphatic carbocycles. The Kier molecular flexibility index (Phi) is 5.72. The van der Waals surface area contributed by atoms with Crippen molar-refractivity contribution in [3.8, 4) is 0 Å². The average Bonchev–Trinajstić information content (AvgIpc) is 3.07. The molecule has 1 heterocycles. The number of fused-ring (bicyclic) bond motifs is 1.